The van der Waals surface area contributed by atoms with Crippen LogP contribution in [0.4, 0.5) is 0 Å². The maximum atomic E-state index is 12.0. The second-order valence-corrected chi connectivity index (χ2v) is 5.27. The summed E-state index contributed by atoms with van der Waals surface area (Å²) in [6.07, 6.45) is 0.161. The molecule has 0 saturated carbocycles. The Morgan fingerprint density at radius 3 is 2.79 bits per heavy atom. The molecular formula is C16H22N4O4. The van der Waals surface area contributed by atoms with Crippen molar-refractivity contribution in [3.05, 3.63) is 45.1 Å². The highest BCUT2D eigenvalue weighted by Gasteiger charge is 2.08. The van der Waals surface area contributed by atoms with E-state index in [1.165, 1.54) is 4.57 Å². The number of H-pyrrole nitrogens is 1. The Hall–Kier alpha value is -2.45. The number of ether oxygens (including phenoxy) is 1. The molecule has 0 atom stereocenters. The van der Waals surface area contributed by atoms with Gasteiger partial charge in [-0.3, -0.25) is 19.1 Å². The lowest BCUT2D eigenvalue weighted by atomic mass is 10.2. The minimum absolute atomic E-state index is 0.147. The molecule has 0 spiro atoms. The largest absolute Gasteiger partial charge is 0.383 e. The molecule has 0 aliphatic carbocycles. The van der Waals surface area contributed by atoms with Gasteiger partial charge in [-0.2, -0.15) is 0 Å². The van der Waals surface area contributed by atoms with E-state index in [9.17, 15) is 14.4 Å². The van der Waals surface area contributed by atoms with Gasteiger partial charge >= 0.3 is 5.69 Å². The Bertz CT molecular complexity index is 796. The molecule has 8 heteroatoms. The SMILES string of the molecule is COCCNCCNC(=O)CCn1c(=O)[nH]c(=O)c2ccccc21. The van der Waals surface area contributed by atoms with Gasteiger partial charge in [0.05, 0.1) is 17.5 Å². The molecule has 3 N–H and O–H groups in total. The van der Waals surface area contributed by atoms with Crippen molar-refractivity contribution in [2.24, 2.45) is 0 Å². The summed E-state index contributed by atoms with van der Waals surface area (Å²) in [4.78, 5) is 37.9. The van der Waals surface area contributed by atoms with Gasteiger partial charge in [0.15, 0.2) is 0 Å². The van der Waals surface area contributed by atoms with Crippen LogP contribution in [0, 0.1) is 0 Å². The Kier molecular flexibility index (Phi) is 6.71. The summed E-state index contributed by atoms with van der Waals surface area (Å²) in [5, 5.41) is 6.33. The first kappa shape index (κ1) is 17.9. The van der Waals surface area contributed by atoms with E-state index in [2.05, 4.69) is 15.6 Å². The van der Waals surface area contributed by atoms with Gasteiger partial charge in [-0.05, 0) is 12.1 Å². The molecule has 1 amide bonds. The van der Waals surface area contributed by atoms with Crippen molar-refractivity contribution in [1.82, 2.24) is 20.2 Å². The number of aromatic nitrogens is 2. The number of nitrogens with one attached hydrogen (secondary N) is 3. The number of fused-ring (bicyclic) bond motifs is 1. The molecular weight excluding hydrogens is 312 g/mol. The average Bonchev–Trinajstić information content (AvgIpc) is 2.58. The normalized spacial score (nSPS) is 10.9. The van der Waals surface area contributed by atoms with E-state index in [1.54, 1.807) is 31.4 Å². The highest BCUT2D eigenvalue weighted by molar-refractivity contribution is 5.78. The van der Waals surface area contributed by atoms with E-state index in [0.717, 1.165) is 6.54 Å². The lowest BCUT2D eigenvalue weighted by molar-refractivity contribution is -0.121. The fourth-order valence-corrected chi connectivity index (χ4v) is 2.36. The Balaban J connectivity index is 1.90. The molecule has 1 heterocycles. The van der Waals surface area contributed by atoms with Gasteiger partial charge in [-0.1, -0.05) is 12.1 Å². The molecule has 0 aliphatic rings. The third-order valence-corrected chi connectivity index (χ3v) is 3.57. The summed E-state index contributed by atoms with van der Waals surface area (Å²) in [6, 6.07) is 6.83. The first-order valence-corrected chi connectivity index (χ1v) is 7.81. The molecule has 0 saturated heterocycles. The van der Waals surface area contributed by atoms with E-state index in [4.69, 9.17) is 4.74 Å². The van der Waals surface area contributed by atoms with Crippen LogP contribution in [0.2, 0.25) is 0 Å². The minimum atomic E-state index is -0.507. The quantitative estimate of drug-likeness (QED) is 0.533. The van der Waals surface area contributed by atoms with Crippen LogP contribution >= 0.6 is 0 Å². The molecule has 0 bridgehead atoms. The van der Waals surface area contributed by atoms with Crippen molar-refractivity contribution in [2.75, 3.05) is 33.4 Å². The highest BCUT2D eigenvalue weighted by Crippen LogP contribution is 2.06. The number of benzene rings is 1. The maximum absolute atomic E-state index is 12.0. The van der Waals surface area contributed by atoms with Crippen LogP contribution < -0.4 is 21.9 Å². The standard InChI is InChI=1S/C16H22N4O4/c1-24-11-9-17-7-8-18-14(21)6-10-20-13-5-3-2-4-12(13)15(22)19-16(20)23/h2-5,17H,6-11H2,1H3,(H,18,21)(H,19,22,23). The van der Waals surface area contributed by atoms with Crippen molar-refractivity contribution < 1.29 is 9.53 Å². The van der Waals surface area contributed by atoms with Gasteiger partial charge in [-0.25, -0.2) is 4.79 Å². The van der Waals surface area contributed by atoms with Crippen molar-refractivity contribution in [2.45, 2.75) is 13.0 Å². The van der Waals surface area contributed by atoms with Gasteiger partial charge < -0.3 is 15.4 Å². The number of nitrogens with zero attached hydrogens (tertiary/aromatic N) is 1. The number of hydrogen-bond acceptors (Lipinski definition) is 5. The summed E-state index contributed by atoms with van der Waals surface area (Å²) < 4.78 is 6.31. The average molecular weight is 334 g/mol. The Morgan fingerprint density at radius 1 is 1.21 bits per heavy atom. The Morgan fingerprint density at radius 2 is 2.00 bits per heavy atom. The number of rotatable bonds is 9. The lowest BCUT2D eigenvalue weighted by Gasteiger charge is -2.10. The zero-order chi connectivity index (χ0) is 17.4. The fourth-order valence-electron chi connectivity index (χ4n) is 2.36. The van der Waals surface area contributed by atoms with E-state index >= 15 is 0 Å². The van der Waals surface area contributed by atoms with Crippen LogP contribution in [-0.2, 0) is 16.1 Å². The molecule has 1 aromatic carbocycles. The number of hydrogen-bond donors (Lipinski definition) is 3. The first-order chi connectivity index (χ1) is 11.6. The van der Waals surface area contributed by atoms with Crippen LogP contribution in [-0.4, -0.2) is 48.8 Å². The van der Waals surface area contributed by atoms with Crippen molar-refractivity contribution in [3.8, 4) is 0 Å². The predicted octanol–water partition coefficient (Wildman–Crippen LogP) is -0.568. The van der Waals surface area contributed by atoms with E-state index in [0.29, 0.717) is 30.6 Å². The van der Waals surface area contributed by atoms with Crippen LogP contribution in [0.3, 0.4) is 0 Å². The van der Waals surface area contributed by atoms with Gasteiger partial charge in [0.25, 0.3) is 5.56 Å². The summed E-state index contributed by atoms with van der Waals surface area (Å²) in [6.45, 7) is 2.71. The van der Waals surface area contributed by atoms with Gasteiger partial charge in [0.2, 0.25) is 5.91 Å². The van der Waals surface area contributed by atoms with E-state index in [1.807, 2.05) is 0 Å². The number of methoxy groups -OCH3 is 1. The Labute approximate surface area is 138 Å². The summed E-state index contributed by atoms with van der Waals surface area (Å²) in [5.41, 5.74) is -0.397. The number of carbonyl (C=O) groups is 1. The summed E-state index contributed by atoms with van der Waals surface area (Å²) in [5.74, 6) is -0.147. The molecule has 8 nitrogen and oxygen atoms in total. The van der Waals surface area contributed by atoms with Gasteiger partial charge in [0, 0.05) is 39.7 Å². The predicted molar refractivity (Wildman–Crippen MR) is 91.2 cm³/mol. The number of carbonyl (C=O) groups excluding carboxylic acids is 1. The van der Waals surface area contributed by atoms with Crippen LogP contribution in [0.5, 0.6) is 0 Å². The number of para-hydroxylation sites is 1. The highest BCUT2D eigenvalue weighted by atomic mass is 16.5. The lowest BCUT2D eigenvalue weighted by Crippen LogP contribution is -2.35. The molecule has 0 unspecified atom stereocenters. The second-order valence-electron chi connectivity index (χ2n) is 5.27. The van der Waals surface area contributed by atoms with Gasteiger partial charge in [-0.15, -0.1) is 0 Å². The number of aryl methyl sites for hydroxylation is 1. The third kappa shape index (κ3) is 4.77. The summed E-state index contributed by atoms with van der Waals surface area (Å²) >= 11 is 0. The van der Waals surface area contributed by atoms with E-state index in [-0.39, 0.29) is 18.9 Å². The molecule has 130 valence electrons. The smallest absolute Gasteiger partial charge is 0.328 e. The maximum Gasteiger partial charge on any atom is 0.328 e. The first-order valence-electron chi connectivity index (χ1n) is 7.81. The monoisotopic (exact) mass is 334 g/mol. The zero-order valence-corrected chi connectivity index (χ0v) is 13.6. The minimum Gasteiger partial charge on any atom is -0.383 e. The number of aromatic amines is 1. The van der Waals surface area contributed by atoms with E-state index < -0.39 is 11.2 Å². The molecule has 0 radical (unpaired) electrons. The summed E-state index contributed by atoms with van der Waals surface area (Å²) in [7, 11) is 1.63. The van der Waals surface area contributed by atoms with Crippen molar-refractivity contribution in [1.29, 1.82) is 0 Å². The van der Waals surface area contributed by atoms with Crippen molar-refractivity contribution in [3.63, 3.8) is 0 Å². The molecule has 24 heavy (non-hydrogen) atoms. The molecule has 0 fully saturated rings. The second kappa shape index (κ2) is 8.99. The van der Waals surface area contributed by atoms with Crippen LogP contribution in [0.1, 0.15) is 6.42 Å². The number of amides is 1. The van der Waals surface area contributed by atoms with Gasteiger partial charge in [0.1, 0.15) is 0 Å². The zero-order valence-electron chi connectivity index (χ0n) is 13.6. The molecule has 0 aliphatic heterocycles. The molecule has 2 aromatic rings. The van der Waals surface area contributed by atoms with Crippen LogP contribution in [0.15, 0.2) is 33.9 Å². The van der Waals surface area contributed by atoms with Crippen molar-refractivity contribution >= 4 is 16.8 Å². The third-order valence-electron chi connectivity index (χ3n) is 3.57. The molecule has 2 rings (SSSR count). The fraction of sp³-hybridized carbons (Fsp3) is 0.438. The molecule has 1 aromatic heterocycles. The van der Waals surface area contributed by atoms with Crippen LogP contribution in [0.25, 0.3) is 10.9 Å². The topological polar surface area (TPSA) is 105 Å².